The first-order valence-corrected chi connectivity index (χ1v) is 3.45. The molecule has 1 aliphatic carbocycles. The van der Waals surface area contributed by atoms with Crippen LogP contribution >= 0.6 is 0 Å². The first-order chi connectivity index (χ1) is 5.11. The van der Waals surface area contributed by atoms with E-state index < -0.39 is 5.97 Å². The Labute approximate surface area is 64.7 Å². The Balaban J connectivity index is 2.83. The fourth-order valence-corrected chi connectivity index (χ4v) is 0.934. The zero-order chi connectivity index (χ0) is 8.43. The topological polar surface area (TPSA) is 57.5 Å². The third-order valence-corrected chi connectivity index (χ3v) is 1.75. The van der Waals surface area contributed by atoms with Crippen molar-refractivity contribution in [2.75, 3.05) is 0 Å². The van der Waals surface area contributed by atoms with Gasteiger partial charge in [0.15, 0.2) is 0 Å². The third kappa shape index (κ3) is 1.61. The molecule has 0 aromatic rings. The van der Waals surface area contributed by atoms with Crippen LogP contribution in [0.4, 0.5) is 0 Å². The van der Waals surface area contributed by atoms with Gasteiger partial charge in [-0.05, 0) is 12.5 Å². The molecule has 0 saturated heterocycles. The van der Waals surface area contributed by atoms with Crippen molar-refractivity contribution < 1.29 is 15.0 Å². The summed E-state index contributed by atoms with van der Waals surface area (Å²) in [5.74, 6) is -0.772. The van der Waals surface area contributed by atoms with E-state index in [1.165, 1.54) is 6.08 Å². The minimum absolute atomic E-state index is 0.0538. The quantitative estimate of drug-likeness (QED) is 0.601. The van der Waals surface area contributed by atoms with Crippen LogP contribution in [0, 0.1) is 5.92 Å². The monoisotopic (exact) mass is 154 g/mol. The van der Waals surface area contributed by atoms with Crippen LogP contribution in [0.2, 0.25) is 0 Å². The maximum atomic E-state index is 10.4. The number of aliphatic hydroxyl groups is 1. The van der Waals surface area contributed by atoms with E-state index in [1.807, 2.05) is 6.92 Å². The molecule has 11 heavy (non-hydrogen) atoms. The molecule has 3 nitrogen and oxygen atoms in total. The standard InChI is InChI=1S/C8H10O3/c1-5-2-3-6(8(10)11)4-7(5)9/h3-5,9H,2H2,1H3,(H,10,11). The van der Waals surface area contributed by atoms with Crippen LogP contribution in [0.3, 0.4) is 0 Å². The Bertz CT molecular complexity index is 238. The summed E-state index contributed by atoms with van der Waals surface area (Å²) in [6.45, 7) is 1.85. The molecule has 0 amide bonds. The number of carboxylic acid groups (broad SMARTS) is 1. The number of aliphatic hydroxyl groups excluding tert-OH is 1. The average molecular weight is 154 g/mol. The molecule has 0 aliphatic heterocycles. The molecule has 2 N–H and O–H groups in total. The second-order valence-electron chi connectivity index (χ2n) is 2.67. The largest absolute Gasteiger partial charge is 0.512 e. The highest BCUT2D eigenvalue weighted by molar-refractivity contribution is 5.90. The zero-order valence-corrected chi connectivity index (χ0v) is 6.24. The van der Waals surface area contributed by atoms with Gasteiger partial charge in [-0.1, -0.05) is 13.0 Å². The van der Waals surface area contributed by atoms with Gasteiger partial charge in [0.2, 0.25) is 0 Å². The van der Waals surface area contributed by atoms with Gasteiger partial charge in [-0.25, -0.2) is 4.79 Å². The van der Waals surface area contributed by atoms with Crippen molar-refractivity contribution in [3.63, 3.8) is 0 Å². The molecule has 1 unspecified atom stereocenters. The molecule has 0 aromatic heterocycles. The lowest BCUT2D eigenvalue weighted by molar-refractivity contribution is -0.132. The Kier molecular flexibility index (Phi) is 1.98. The number of allylic oxidation sites excluding steroid dienone is 2. The van der Waals surface area contributed by atoms with Crippen LogP contribution < -0.4 is 0 Å². The summed E-state index contributed by atoms with van der Waals surface area (Å²) in [6, 6.07) is 0. The van der Waals surface area contributed by atoms with Crippen LogP contribution in [0.25, 0.3) is 0 Å². The van der Waals surface area contributed by atoms with Gasteiger partial charge in [0.25, 0.3) is 0 Å². The van der Waals surface area contributed by atoms with Gasteiger partial charge in [0.1, 0.15) is 0 Å². The Morgan fingerprint density at radius 2 is 2.36 bits per heavy atom. The number of hydrogen-bond donors (Lipinski definition) is 2. The van der Waals surface area contributed by atoms with Crippen LogP contribution in [-0.4, -0.2) is 16.2 Å². The fraction of sp³-hybridized carbons (Fsp3) is 0.375. The highest BCUT2D eigenvalue weighted by Crippen LogP contribution is 2.20. The molecule has 0 spiro atoms. The first-order valence-electron chi connectivity index (χ1n) is 3.45. The van der Waals surface area contributed by atoms with Crippen molar-refractivity contribution >= 4 is 5.97 Å². The number of hydrogen-bond acceptors (Lipinski definition) is 2. The lowest BCUT2D eigenvalue weighted by Crippen LogP contribution is -2.08. The summed E-state index contributed by atoms with van der Waals surface area (Å²) in [7, 11) is 0. The molecular weight excluding hydrogens is 144 g/mol. The molecule has 60 valence electrons. The second-order valence-corrected chi connectivity index (χ2v) is 2.67. The van der Waals surface area contributed by atoms with E-state index >= 15 is 0 Å². The summed E-state index contributed by atoms with van der Waals surface area (Å²) >= 11 is 0. The first kappa shape index (κ1) is 7.85. The van der Waals surface area contributed by atoms with Gasteiger partial charge in [-0.2, -0.15) is 0 Å². The van der Waals surface area contributed by atoms with Gasteiger partial charge in [0, 0.05) is 5.92 Å². The van der Waals surface area contributed by atoms with Gasteiger partial charge in [0.05, 0.1) is 11.3 Å². The smallest absolute Gasteiger partial charge is 0.335 e. The normalized spacial score (nSPS) is 23.9. The molecule has 0 saturated carbocycles. The minimum atomic E-state index is -0.983. The van der Waals surface area contributed by atoms with Crippen molar-refractivity contribution in [2.24, 2.45) is 5.92 Å². The Morgan fingerprint density at radius 1 is 1.73 bits per heavy atom. The van der Waals surface area contributed by atoms with Crippen molar-refractivity contribution in [1.82, 2.24) is 0 Å². The maximum absolute atomic E-state index is 10.4. The van der Waals surface area contributed by atoms with Gasteiger partial charge >= 0.3 is 5.97 Å². The molecule has 0 bridgehead atoms. The summed E-state index contributed by atoms with van der Waals surface area (Å²) in [6.07, 6.45) is 3.52. The summed E-state index contributed by atoms with van der Waals surface area (Å²) in [5.41, 5.74) is 0.181. The van der Waals surface area contributed by atoms with E-state index in [1.54, 1.807) is 6.08 Å². The van der Waals surface area contributed by atoms with Gasteiger partial charge in [-0.3, -0.25) is 0 Å². The molecular formula is C8H10O3. The van der Waals surface area contributed by atoms with E-state index in [9.17, 15) is 4.79 Å². The molecule has 0 heterocycles. The van der Waals surface area contributed by atoms with E-state index in [0.717, 1.165) is 0 Å². The fourth-order valence-electron chi connectivity index (χ4n) is 0.934. The molecule has 1 aliphatic rings. The van der Waals surface area contributed by atoms with Crippen LogP contribution in [-0.2, 0) is 4.79 Å². The van der Waals surface area contributed by atoms with Crippen LogP contribution in [0.5, 0.6) is 0 Å². The lowest BCUT2D eigenvalue weighted by Gasteiger charge is -2.12. The third-order valence-electron chi connectivity index (χ3n) is 1.75. The van der Waals surface area contributed by atoms with Crippen molar-refractivity contribution in [1.29, 1.82) is 0 Å². The van der Waals surface area contributed by atoms with E-state index in [0.29, 0.717) is 6.42 Å². The van der Waals surface area contributed by atoms with Crippen molar-refractivity contribution in [3.05, 3.63) is 23.5 Å². The highest BCUT2D eigenvalue weighted by Gasteiger charge is 2.15. The average Bonchev–Trinajstić information content (AvgIpc) is 1.94. The highest BCUT2D eigenvalue weighted by atomic mass is 16.4. The molecule has 3 heteroatoms. The SMILES string of the molecule is CC1CC=C(C(=O)O)C=C1O. The number of carboxylic acids is 1. The molecule has 1 rings (SSSR count). The van der Waals surface area contributed by atoms with Gasteiger partial charge < -0.3 is 10.2 Å². The van der Waals surface area contributed by atoms with Crippen LogP contribution in [0.15, 0.2) is 23.5 Å². The Hall–Kier alpha value is -1.25. The number of rotatable bonds is 1. The maximum Gasteiger partial charge on any atom is 0.335 e. The van der Waals surface area contributed by atoms with Crippen molar-refractivity contribution in [3.8, 4) is 0 Å². The predicted molar refractivity (Wildman–Crippen MR) is 40.2 cm³/mol. The molecule has 0 fully saturated rings. The van der Waals surface area contributed by atoms with E-state index in [2.05, 4.69) is 0 Å². The lowest BCUT2D eigenvalue weighted by atomic mass is 9.96. The second kappa shape index (κ2) is 2.78. The number of aliphatic carboxylic acids is 1. The molecule has 1 atom stereocenters. The van der Waals surface area contributed by atoms with E-state index in [4.69, 9.17) is 10.2 Å². The summed E-state index contributed by atoms with van der Waals surface area (Å²) in [5, 5.41) is 17.7. The van der Waals surface area contributed by atoms with Gasteiger partial charge in [-0.15, -0.1) is 0 Å². The van der Waals surface area contributed by atoms with E-state index in [-0.39, 0.29) is 17.3 Å². The summed E-state index contributed by atoms with van der Waals surface area (Å²) < 4.78 is 0. The van der Waals surface area contributed by atoms with Crippen molar-refractivity contribution in [2.45, 2.75) is 13.3 Å². The van der Waals surface area contributed by atoms with Crippen LogP contribution in [0.1, 0.15) is 13.3 Å². The zero-order valence-electron chi connectivity index (χ0n) is 6.24. The Morgan fingerprint density at radius 3 is 2.82 bits per heavy atom. The predicted octanol–water partition coefficient (Wildman–Crippen LogP) is 1.48. The molecule has 0 radical (unpaired) electrons. The molecule has 0 aromatic carbocycles. The minimum Gasteiger partial charge on any atom is -0.512 e. The number of carbonyl (C=O) groups is 1. The summed E-state index contributed by atoms with van der Waals surface area (Å²) in [4.78, 5) is 10.4.